The number of hydrogen-bond donors (Lipinski definition) is 0. The fourth-order valence-corrected chi connectivity index (χ4v) is 8.08. The van der Waals surface area contributed by atoms with Gasteiger partial charge in [-0.15, -0.1) is 0 Å². The fourth-order valence-electron chi connectivity index (χ4n) is 8.08. The first-order chi connectivity index (χ1) is 24.6. The van der Waals surface area contributed by atoms with E-state index >= 15 is 0 Å². The molecule has 0 bridgehead atoms. The van der Waals surface area contributed by atoms with Crippen LogP contribution in [0.15, 0.2) is 188 Å². The molecule has 0 N–H and O–H groups in total. The van der Waals surface area contributed by atoms with E-state index in [0.717, 1.165) is 17.1 Å². The quantitative estimate of drug-likeness (QED) is 0.175. The summed E-state index contributed by atoms with van der Waals surface area (Å²) in [6.45, 7) is 4.72. The molecule has 0 radical (unpaired) electrons. The Labute approximate surface area is 294 Å². The highest BCUT2D eigenvalue weighted by atomic mass is 15.1. The van der Waals surface area contributed by atoms with E-state index in [1.54, 1.807) is 0 Å². The predicted octanol–water partition coefficient (Wildman–Crippen LogP) is 13.6. The highest BCUT2D eigenvalue weighted by Gasteiger charge is 2.36. The SMILES string of the molecule is CC1(C)c2ccccc2-c2ccc(N(c3ccccc3-c3ccccc3-c3ccccc3)c3ccc4ccccc4c3-c3ccccc3)cc21. The van der Waals surface area contributed by atoms with Crippen LogP contribution in [-0.2, 0) is 5.41 Å². The van der Waals surface area contributed by atoms with Gasteiger partial charge < -0.3 is 4.90 Å². The molecule has 1 aliphatic carbocycles. The van der Waals surface area contributed by atoms with Crippen LogP contribution < -0.4 is 4.90 Å². The van der Waals surface area contributed by atoms with Crippen LogP contribution >= 0.6 is 0 Å². The van der Waals surface area contributed by atoms with Gasteiger partial charge in [-0.3, -0.25) is 0 Å². The maximum absolute atomic E-state index is 2.51. The van der Waals surface area contributed by atoms with Gasteiger partial charge in [0.1, 0.15) is 0 Å². The smallest absolute Gasteiger partial charge is 0.0546 e. The Morgan fingerprint density at radius 2 is 0.960 bits per heavy atom. The fraction of sp³-hybridized carbons (Fsp3) is 0.0612. The van der Waals surface area contributed by atoms with Crippen molar-refractivity contribution in [3.8, 4) is 44.5 Å². The Hall–Kier alpha value is -6.18. The summed E-state index contributed by atoms with van der Waals surface area (Å²) in [5.41, 5.74) is 15.9. The van der Waals surface area contributed by atoms with Crippen molar-refractivity contribution >= 4 is 27.8 Å². The summed E-state index contributed by atoms with van der Waals surface area (Å²) in [6.07, 6.45) is 0. The number of anilines is 3. The maximum atomic E-state index is 2.51. The van der Waals surface area contributed by atoms with Crippen LogP contribution in [0.5, 0.6) is 0 Å². The lowest BCUT2D eigenvalue weighted by molar-refractivity contribution is 0.660. The van der Waals surface area contributed by atoms with Crippen molar-refractivity contribution < 1.29 is 0 Å². The Morgan fingerprint density at radius 3 is 1.74 bits per heavy atom. The summed E-state index contributed by atoms with van der Waals surface area (Å²) in [5, 5.41) is 2.46. The number of nitrogens with zero attached hydrogens (tertiary/aromatic N) is 1. The summed E-state index contributed by atoms with van der Waals surface area (Å²) in [7, 11) is 0. The van der Waals surface area contributed by atoms with Gasteiger partial charge in [-0.05, 0) is 79.5 Å². The van der Waals surface area contributed by atoms with E-state index in [4.69, 9.17) is 0 Å². The monoisotopic (exact) mass is 639 g/mol. The van der Waals surface area contributed by atoms with Gasteiger partial charge in [0.25, 0.3) is 0 Å². The Bertz CT molecular complexity index is 2510. The zero-order valence-corrected chi connectivity index (χ0v) is 28.3. The van der Waals surface area contributed by atoms with Gasteiger partial charge in [0.2, 0.25) is 0 Å². The van der Waals surface area contributed by atoms with Crippen LogP contribution in [0.2, 0.25) is 0 Å². The van der Waals surface area contributed by atoms with E-state index in [2.05, 4.69) is 207 Å². The van der Waals surface area contributed by atoms with Crippen LogP contribution in [0.3, 0.4) is 0 Å². The third-order valence-corrected chi connectivity index (χ3v) is 10.5. The molecule has 1 aliphatic rings. The van der Waals surface area contributed by atoms with Gasteiger partial charge in [0, 0.05) is 22.2 Å². The van der Waals surface area contributed by atoms with Gasteiger partial charge in [-0.1, -0.05) is 178 Å². The normalized spacial score (nSPS) is 12.8. The predicted molar refractivity (Wildman–Crippen MR) is 213 cm³/mol. The number of fused-ring (bicyclic) bond motifs is 4. The number of para-hydroxylation sites is 1. The van der Waals surface area contributed by atoms with Crippen molar-refractivity contribution in [2.45, 2.75) is 19.3 Å². The van der Waals surface area contributed by atoms with Gasteiger partial charge in [-0.25, -0.2) is 0 Å². The van der Waals surface area contributed by atoms with E-state index in [1.807, 2.05) is 0 Å². The molecule has 8 aromatic rings. The molecule has 0 fully saturated rings. The Morgan fingerprint density at radius 1 is 0.380 bits per heavy atom. The summed E-state index contributed by atoms with van der Waals surface area (Å²) in [4.78, 5) is 2.51. The third kappa shape index (κ3) is 4.85. The van der Waals surface area contributed by atoms with Crippen molar-refractivity contribution in [3.05, 3.63) is 199 Å². The molecule has 0 saturated heterocycles. The molecular formula is C49H37N. The van der Waals surface area contributed by atoms with E-state index in [1.165, 1.54) is 66.4 Å². The molecule has 8 aromatic carbocycles. The van der Waals surface area contributed by atoms with Gasteiger partial charge >= 0.3 is 0 Å². The van der Waals surface area contributed by atoms with Crippen LogP contribution in [0.4, 0.5) is 17.1 Å². The second-order valence-corrected chi connectivity index (χ2v) is 13.7. The minimum Gasteiger partial charge on any atom is -0.309 e. The molecule has 50 heavy (non-hydrogen) atoms. The minimum atomic E-state index is -0.126. The molecule has 0 heterocycles. The lowest BCUT2D eigenvalue weighted by Gasteiger charge is -2.32. The Balaban J connectivity index is 1.35. The molecule has 0 unspecified atom stereocenters. The van der Waals surface area contributed by atoms with E-state index in [-0.39, 0.29) is 5.41 Å². The van der Waals surface area contributed by atoms with E-state index in [9.17, 15) is 0 Å². The second kappa shape index (κ2) is 12.1. The summed E-state index contributed by atoms with van der Waals surface area (Å²) in [6, 6.07) is 68.7. The number of rotatable bonds is 6. The van der Waals surface area contributed by atoms with E-state index < -0.39 is 0 Å². The molecule has 238 valence electrons. The van der Waals surface area contributed by atoms with Gasteiger partial charge in [0.15, 0.2) is 0 Å². The first-order valence-corrected chi connectivity index (χ1v) is 17.5. The summed E-state index contributed by atoms with van der Waals surface area (Å²) >= 11 is 0. The largest absolute Gasteiger partial charge is 0.309 e. The number of hydrogen-bond acceptors (Lipinski definition) is 1. The maximum Gasteiger partial charge on any atom is 0.0546 e. The molecule has 0 amide bonds. The minimum absolute atomic E-state index is 0.126. The van der Waals surface area contributed by atoms with Crippen LogP contribution in [0.25, 0.3) is 55.3 Å². The molecule has 1 nitrogen and oxygen atoms in total. The average Bonchev–Trinajstić information content (AvgIpc) is 3.41. The van der Waals surface area contributed by atoms with Crippen molar-refractivity contribution in [1.29, 1.82) is 0 Å². The van der Waals surface area contributed by atoms with Crippen LogP contribution in [0.1, 0.15) is 25.0 Å². The van der Waals surface area contributed by atoms with E-state index in [0.29, 0.717) is 0 Å². The van der Waals surface area contributed by atoms with Crippen LogP contribution in [0, 0.1) is 0 Å². The molecule has 0 atom stereocenters. The first-order valence-electron chi connectivity index (χ1n) is 17.5. The van der Waals surface area contributed by atoms with Crippen LogP contribution in [-0.4, -0.2) is 0 Å². The van der Waals surface area contributed by atoms with Crippen molar-refractivity contribution in [2.75, 3.05) is 4.90 Å². The zero-order chi connectivity index (χ0) is 33.7. The standard InChI is InChI=1S/C49H37N/c1-49(2)44-27-15-13-25-41(44)42-31-30-37(33-45(42)49)50(47-32-29-35-19-9-10-23-39(35)48(47)36-20-7-4-8-21-36)46-28-16-14-26-43(46)40-24-12-11-22-38(40)34-17-5-3-6-18-34/h3-33H,1-2H3. The van der Waals surface area contributed by atoms with Gasteiger partial charge in [-0.2, -0.15) is 0 Å². The third-order valence-electron chi connectivity index (χ3n) is 10.5. The second-order valence-electron chi connectivity index (χ2n) is 13.7. The topological polar surface area (TPSA) is 3.24 Å². The zero-order valence-electron chi connectivity index (χ0n) is 28.3. The molecular weight excluding hydrogens is 603 g/mol. The lowest BCUT2D eigenvalue weighted by Crippen LogP contribution is -2.17. The summed E-state index contributed by atoms with van der Waals surface area (Å²) < 4.78 is 0. The van der Waals surface area contributed by atoms with Gasteiger partial charge in [0.05, 0.1) is 11.4 Å². The van der Waals surface area contributed by atoms with Crippen molar-refractivity contribution in [3.63, 3.8) is 0 Å². The molecule has 1 heteroatoms. The summed E-state index contributed by atoms with van der Waals surface area (Å²) in [5.74, 6) is 0. The molecule has 0 spiro atoms. The van der Waals surface area contributed by atoms with Crippen molar-refractivity contribution in [1.82, 2.24) is 0 Å². The highest BCUT2D eigenvalue weighted by molar-refractivity contribution is 6.07. The number of benzene rings is 8. The molecule has 9 rings (SSSR count). The molecule has 0 aliphatic heterocycles. The molecule has 0 saturated carbocycles. The highest BCUT2D eigenvalue weighted by Crippen LogP contribution is 2.53. The molecule has 0 aromatic heterocycles. The lowest BCUT2D eigenvalue weighted by atomic mass is 9.82. The van der Waals surface area contributed by atoms with Crippen molar-refractivity contribution in [2.24, 2.45) is 0 Å². The average molecular weight is 640 g/mol. The Kier molecular flexibility index (Phi) is 7.21. The first kappa shape index (κ1) is 29.9.